The van der Waals surface area contributed by atoms with Crippen LogP contribution in [0.25, 0.3) is 11.1 Å². The van der Waals surface area contributed by atoms with Crippen LogP contribution in [0.5, 0.6) is 0 Å². The Bertz CT molecular complexity index is 1280. The van der Waals surface area contributed by atoms with Gasteiger partial charge in [0.05, 0.1) is 0 Å². The number of carbonyl (C=O) groups excluding carboxylic acids is 3. The molecule has 1 heterocycles. The third-order valence-corrected chi connectivity index (χ3v) is 5.86. The van der Waals surface area contributed by atoms with E-state index in [0.717, 1.165) is 22.3 Å². The van der Waals surface area contributed by atoms with Crippen LogP contribution in [0.1, 0.15) is 47.5 Å². The normalized spacial score (nSPS) is 13.4. The van der Waals surface area contributed by atoms with Crippen molar-refractivity contribution < 1.29 is 42.7 Å². The van der Waals surface area contributed by atoms with Crippen LogP contribution in [-0.2, 0) is 16.1 Å². The molecule has 0 spiro atoms. The van der Waals surface area contributed by atoms with Crippen molar-refractivity contribution in [2.24, 2.45) is 5.92 Å². The molecule has 3 aromatic rings. The number of rotatable bonds is 8. The topological polar surface area (TPSA) is 125 Å². The van der Waals surface area contributed by atoms with E-state index in [-0.39, 0.29) is 18.1 Å². The zero-order valence-electron chi connectivity index (χ0n) is 21.1. The predicted octanol–water partition coefficient (Wildman–Crippen LogP) is 3.15. The molecule has 1 saturated carbocycles. The van der Waals surface area contributed by atoms with Crippen molar-refractivity contribution in [2.45, 2.75) is 38.6 Å². The number of carbonyl (C=O) groups is 3. The Morgan fingerprint density at radius 1 is 1.03 bits per heavy atom. The summed E-state index contributed by atoms with van der Waals surface area (Å²) in [5.74, 6) is -2.58. The lowest BCUT2D eigenvalue weighted by Crippen LogP contribution is -2.86. The molecule has 1 fully saturated rings. The second-order valence-corrected chi connectivity index (χ2v) is 8.89. The van der Waals surface area contributed by atoms with Crippen LogP contribution < -0.4 is 15.7 Å². The maximum atomic E-state index is 12.7. The second-order valence-electron chi connectivity index (χ2n) is 8.89. The van der Waals surface area contributed by atoms with Gasteiger partial charge in [-0.3, -0.25) is 9.78 Å². The fourth-order valence-corrected chi connectivity index (χ4v) is 3.62. The van der Waals surface area contributed by atoms with Gasteiger partial charge in [0, 0.05) is 23.9 Å². The lowest BCUT2D eigenvalue weighted by atomic mass is 9.98. The van der Waals surface area contributed by atoms with Crippen molar-refractivity contribution in [1.82, 2.24) is 10.3 Å². The number of hydrogen-bond donors (Lipinski definition) is 2. The molecule has 0 bridgehead atoms. The van der Waals surface area contributed by atoms with Crippen molar-refractivity contribution in [3.05, 3.63) is 89.7 Å². The minimum Gasteiger partial charge on any atom is -0.542 e. The molecule has 2 amide bonds. The highest BCUT2D eigenvalue weighted by Gasteiger charge is 2.29. The zero-order chi connectivity index (χ0) is 28.4. The van der Waals surface area contributed by atoms with Crippen molar-refractivity contribution in [3.63, 3.8) is 0 Å². The average molecular weight is 544 g/mol. The molecule has 8 nitrogen and oxygen atoms in total. The summed E-state index contributed by atoms with van der Waals surface area (Å²) in [7, 11) is 0. The highest BCUT2D eigenvalue weighted by atomic mass is 19.4. The number of aromatic nitrogens is 1. The first-order valence-electron chi connectivity index (χ1n) is 12.2. The van der Waals surface area contributed by atoms with E-state index in [1.54, 1.807) is 11.5 Å². The van der Waals surface area contributed by atoms with Crippen LogP contribution in [0.4, 0.5) is 18.0 Å². The van der Waals surface area contributed by atoms with Gasteiger partial charge in [0.2, 0.25) is 0 Å². The number of pyridine rings is 1. The molecule has 4 rings (SSSR count). The van der Waals surface area contributed by atoms with E-state index in [4.69, 9.17) is 14.6 Å². The quantitative estimate of drug-likeness (QED) is 0.450. The number of carboxylic acids is 1. The predicted molar refractivity (Wildman–Crippen MR) is 133 cm³/mol. The van der Waals surface area contributed by atoms with Crippen molar-refractivity contribution >= 4 is 18.0 Å². The number of ether oxygens (including phenoxy) is 1. The van der Waals surface area contributed by atoms with E-state index < -0.39 is 12.1 Å². The SMILES string of the molecule is C[C@H](OC(=O)[NH2+]Cc1ccccc1-c1cccnc1C(=O)NCC1CC1)c1ccccc1.O=C([O-])C(F)(F)F. The van der Waals surface area contributed by atoms with Gasteiger partial charge in [0.15, 0.2) is 0 Å². The van der Waals surface area contributed by atoms with E-state index in [1.807, 2.05) is 73.7 Å². The first kappa shape index (κ1) is 29.3. The van der Waals surface area contributed by atoms with Crippen molar-refractivity contribution in [1.29, 1.82) is 0 Å². The minimum absolute atomic E-state index is 0.164. The molecule has 0 aliphatic heterocycles. The van der Waals surface area contributed by atoms with Crippen molar-refractivity contribution in [3.8, 4) is 11.1 Å². The number of aliphatic carboxylic acids is 1. The highest BCUT2D eigenvalue weighted by Crippen LogP contribution is 2.29. The van der Waals surface area contributed by atoms with Gasteiger partial charge in [0.1, 0.15) is 24.3 Å². The fourth-order valence-electron chi connectivity index (χ4n) is 3.62. The Labute approximate surface area is 223 Å². The lowest BCUT2D eigenvalue weighted by molar-refractivity contribution is -0.588. The first-order chi connectivity index (χ1) is 18.6. The van der Waals surface area contributed by atoms with E-state index in [2.05, 4.69) is 10.3 Å². The number of primary amides is 1. The molecule has 1 aliphatic carbocycles. The summed E-state index contributed by atoms with van der Waals surface area (Å²) in [5.41, 5.74) is 3.93. The average Bonchev–Trinajstić information content (AvgIpc) is 3.76. The molecule has 1 aliphatic rings. The molecule has 1 atom stereocenters. The van der Waals surface area contributed by atoms with Gasteiger partial charge in [-0.15, -0.1) is 0 Å². The summed E-state index contributed by atoms with van der Waals surface area (Å²) >= 11 is 0. The second kappa shape index (κ2) is 13.5. The van der Waals surface area contributed by atoms with Gasteiger partial charge >= 0.3 is 12.3 Å². The van der Waals surface area contributed by atoms with Crippen LogP contribution in [-0.4, -0.2) is 35.7 Å². The number of hydrogen-bond acceptors (Lipinski definition) is 6. The zero-order valence-corrected chi connectivity index (χ0v) is 21.1. The Morgan fingerprint density at radius 3 is 2.28 bits per heavy atom. The van der Waals surface area contributed by atoms with E-state index in [9.17, 15) is 22.8 Å². The van der Waals surface area contributed by atoms with Gasteiger partial charge < -0.3 is 20.0 Å². The van der Waals surface area contributed by atoms with Gasteiger partial charge in [-0.05, 0) is 42.9 Å². The third-order valence-electron chi connectivity index (χ3n) is 5.86. The summed E-state index contributed by atoms with van der Waals surface area (Å²) in [4.78, 5) is 38.3. The summed E-state index contributed by atoms with van der Waals surface area (Å²) in [6.07, 6.45) is -1.91. The van der Waals surface area contributed by atoms with Crippen LogP contribution in [0.15, 0.2) is 72.9 Å². The summed E-state index contributed by atoms with van der Waals surface area (Å²) < 4.78 is 37.1. The molecule has 0 radical (unpaired) electrons. The van der Waals surface area contributed by atoms with Gasteiger partial charge in [0.25, 0.3) is 5.91 Å². The maximum absolute atomic E-state index is 12.7. The highest BCUT2D eigenvalue weighted by molar-refractivity contribution is 5.99. The number of nitrogens with one attached hydrogen (secondary N) is 1. The number of halogens is 3. The Balaban J connectivity index is 0.000000532. The third kappa shape index (κ3) is 9.22. The number of nitrogens with zero attached hydrogens (tertiary/aromatic N) is 1. The maximum Gasteiger partial charge on any atom is 0.513 e. The van der Waals surface area contributed by atoms with Crippen LogP contribution in [0, 0.1) is 5.92 Å². The molecular weight excluding hydrogens is 515 g/mol. The summed E-state index contributed by atoms with van der Waals surface area (Å²) in [6, 6.07) is 21.1. The molecule has 1 aromatic heterocycles. The lowest BCUT2D eigenvalue weighted by Gasteiger charge is -2.14. The van der Waals surface area contributed by atoms with Crippen LogP contribution >= 0.6 is 0 Å². The van der Waals surface area contributed by atoms with Gasteiger partial charge in [-0.1, -0.05) is 60.7 Å². The molecule has 2 aromatic carbocycles. The molecule has 3 N–H and O–H groups in total. The summed E-state index contributed by atoms with van der Waals surface area (Å²) in [6.45, 7) is 2.95. The van der Waals surface area contributed by atoms with E-state index in [0.29, 0.717) is 24.7 Å². The first-order valence-corrected chi connectivity index (χ1v) is 12.2. The van der Waals surface area contributed by atoms with E-state index >= 15 is 0 Å². The van der Waals surface area contributed by atoms with Gasteiger partial charge in [-0.2, -0.15) is 18.0 Å². The molecule has 0 saturated heterocycles. The Morgan fingerprint density at radius 2 is 1.64 bits per heavy atom. The minimum atomic E-state index is -5.19. The van der Waals surface area contributed by atoms with Crippen LogP contribution in [0.3, 0.4) is 0 Å². The number of carboxylic acid groups (broad SMARTS) is 1. The number of quaternary nitrogens is 1. The Hall–Kier alpha value is -4.25. The number of benzene rings is 2. The van der Waals surface area contributed by atoms with Gasteiger partial charge in [-0.25, -0.2) is 5.32 Å². The molecule has 206 valence electrons. The smallest absolute Gasteiger partial charge is 0.513 e. The van der Waals surface area contributed by atoms with Crippen LogP contribution in [0.2, 0.25) is 0 Å². The van der Waals surface area contributed by atoms with E-state index in [1.165, 1.54) is 12.8 Å². The fraction of sp³-hybridized carbons (Fsp3) is 0.286. The molecule has 39 heavy (non-hydrogen) atoms. The monoisotopic (exact) mass is 543 g/mol. The number of nitrogens with two attached hydrogens (primary N) is 1. The van der Waals surface area contributed by atoms with Crippen molar-refractivity contribution in [2.75, 3.05) is 6.54 Å². The summed E-state index contributed by atoms with van der Waals surface area (Å²) in [5, 5.41) is 13.3. The Kier molecular flexibility index (Phi) is 10.2. The number of amides is 2. The standard InChI is InChI=1S/C26H27N3O3.C2HF3O2/c1-18(20-8-3-2-4-9-20)32-26(31)29-17-21-10-5-6-11-22(21)23-12-7-15-27-24(23)25(30)28-16-19-13-14-19;3-2(4,5)1(6)7/h2-12,15,18-19H,13-14,16-17H2,1H3,(H,28,30)(H,29,31);(H,6,7)/t18-;/m0./s1. The molecule has 0 unspecified atom stereocenters. The largest absolute Gasteiger partial charge is 0.542 e. The molecule has 11 heteroatoms. The number of alkyl halides is 3. The molecular formula is C28H28F3N3O5.